The molecule has 35 heavy (non-hydrogen) atoms. The van der Waals surface area contributed by atoms with Gasteiger partial charge in [0.2, 0.25) is 0 Å². The Kier molecular flexibility index (Phi) is 6.89. The van der Waals surface area contributed by atoms with Crippen LogP contribution < -0.4 is 9.64 Å². The minimum Gasteiger partial charge on any atom is -0.477 e. The zero-order valence-corrected chi connectivity index (χ0v) is 20.1. The predicted molar refractivity (Wildman–Crippen MR) is 120 cm³/mol. The fourth-order valence-electron chi connectivity index (χ4n) is 4.32. The molecule has 2 aromatic rings. The second kappa shape index (κ2) is 9.45. The Hall–Kier alpha value is -2.60. The second-order valence-electron chi connectivity index (χ2n) is 8.54. The molecular weight excluding hydrogens is 514 g/mol. The number of sulfone groups is 1. The van der Waals surface area contributed by atoms with E-state index in [1.54, 1.807) is 9.80 Å². The van der Waals surface area contributed by atoms with Gasteiger partial charge in [-0.2, -0.15) is 13.2 Å². The number of carbonyl (C=O) groups excluding carboxylic acids is 1. The molecule has 1 aromatic heterocycles. The monoisotopic (exact) mass is 535 g/mol. The number of likely N-dealkylation sites (tertiary alicyclic amines) is 1. The molecule has 0 bridgehead atoms. The summed E-state index contributed by atoms with van der Waals surface area (Å²) in [6.07, 6.45) is -2.26. The van der Waals surface area contributed by atoms with Crippen molar-refractivity contribution in [1.29, 1.82) is 0 Å². The normalized spacial score (nSPS) is 19.9. The fourth-order valence-corrected chi connectivity index (χ4v) is 5.23. The van der Waals surface area contributed by atoms with Gasteiger partial charge in [0.1, 0.15) is 5.82 Å². The number of rotatable bonds is 5. The number of aromatic nitrogens is 1. The summed E-state index contributed by atoms with van der Waals surface area (Å²) >= 11 is 6.05. The van der Waals surface area contributed by atoms with Crippen LogP contribution in [0.4, 0.5) is 23.4 Å². The summed E-state index contributed by atoms with van der Waals surface area (Å²) in [6, 6.07) is 4.02. The van der Waals surface area contributed by atoms with Crippen molar-refractivity contribution in [3.05, 3.63) is 46.9 Å². The van der Waals surface area contributed by atoms with Crippen molar-refractivity contribution in [3.8, 4) is 5.75 Å². The number of benzene rings is 1. The van der Waals surface area contributed by atoms with Gasteiger partial charge in [0.15, 0.2) is 27.5 Å². The van der Waals surface area contributed by atoms with E-state index in [9.17, 15) is 30.8 Å². The third-order valence-corrected chi connectivity index (χ3v) is 7.53. The van der Waals surface area contributed by atoms with E-state index in [1.165, 1.54) is 12.1 Å². The number of hydrogen-bond donors (Lipinski definition) is 0. The molecule has 0 spiro atoms. The Morgan fingerprint density at radius 1 is 1.11 bits per heavy atom. The number of carbonyl (C=O) groups is 1. The van der Waals surface area contributed by atoms with Crippen LogP contribution in [0.2, 0.25) is 5.02 Å². The molecule has 4 rings (SSSR count). The highest BCUT2D eigenvalue weighted by molar-refractivity contribution is 7.90. The van der Waals surface area contributed by atoms with Crippen molar-refractivity contribution >= 4 is 33.2 Å². The van der Waals surface area contributed by atoms with E-state index in [0.29, 0.717) is 38.9 Å². The largest absolute Gasteiger partial charge is 0.477 e. The van der Waals surface area contributed by atoms with Gasteiger partial charge in [0.25, 0.3) is 5.91 Å². The zero-order chi connectivity index (χ0) is 25.5. The quantitative estimate of drug-likeness (QED) is 0.540. The lowest BCUT2D eigenvalue weighted by Gasteiger charge is -2.37. The van der Waals surface area contributed by atoms with Gasteiger partial charge in [0.05, 0.1) is 15.5 Å². The molecule has 2 fully saturated rings. The van der Waals surface area contributed by atoms with Crippen LogP contribution >= 0.6 is 11.6 Å². The summed E-state index contributed by atoms with van der Waals surface area (Å²) in [6.45, 7) is 1.30. The van der Waals surface area contributed by atoms with Gasteiger partial charge < -0.3 is 14.5 Å². The third-order valence-electron chi connectivity index (χ3n) is 6.15. The van der Waals surface area contributed by atoms with Crippen LogP contribution in [0.15, 0.2) is 35.4 Å². The molecule has 0 unspecified atom stereocenters. The van der Waals surface area contributed by atoms with Gasteiger partial charge in [0, 0.05) is 44.5 Å². The van der Waals surface area contributed by atoms with Crippen molar-refractivity contribution in [2.75, 3.05) is 30.8 Å². The lowest BCUT2D eigenvalue weighted by atomic mass is 10.0. The number of anilines is 1. The van der Waals surface area contributed by atoms with E-state index in [4.69, 9.17) is 16.3 Å². The van der Waals surface area contributed by atoms with Gasteiger partial charge in [-0.05, 0) is 37.1 Å². The molecule has 3 heterocycles. The number of halogens is 5. The highest BCUT2D eigenvalue weighted by Gasteiger charge is 2.39. The molecule has 2 saturated heterocycles. The molecule has 0 saturated carbocycles. The van der Waals surface area contributed by atoms with Gasteiger partial charge in [-0.15, -0.1) is 0 Å². The number of ether oxygens (including phenoxy) is 1. The number of alkyl halides is 3. The van der Waals surface area contributed by atoms with Crippen molar-refractivity contribution in [1.82, 2.24) is 9.88 Å². The molecule has 2 aliphatic heterocycles. The van der Waals surface area contributed by atoms with Gasteiger partial charge in [-0.3, -0.25) is 4.79 Å². The Balaban J connectivity index is 1.36. The van der Waals surface area contributed by atoms with Gasteiger partial charge >= 0.3 is 6.18 Å². The minimum atomic E-state index is -4.53. The average molecular weight is 536 g/mol. The molecule has 0 radical (unpaired) electrons. The van der Waals surface area contributed by atoms with Crippen LogP contribution in [0.25, 0.3) is 0 Å². The number of pyridine rings is 1. The van der Waals surface area contributed by atoms with E-state index in [1.807, 2.05) is 0 Å². The van der Waals surface area contributed by atoms with Crippen LogP contribution in [-0.4, -0.2) is 62.2 Å². The van der Waals surface area contributed by atoms with Gasteiger partial charge in [-0.1, -0.05) is 11.6 Å². The van der Waals surface area contributed by atoms with Crippen molar-refractivity contribution < 1.29 is 35.5 Å². The van der Waals surface area contributed by atoms with Gasteiger partial charge in [-0.25, -0.2) is 17.8 Å². The summed E-state index contributed by atoms with van der Waals surface area (Å²) in [5.41, 5.74) is -0.919. The molecule has 0 N–H and O–H groups in total. The maximum absolute atomic E-state index is 14.3. The summed E-state index contributed by atoms with van der Waals surface area (Å²) in [5.74, 6) is -1.09. The second-order valence-corrected chi connectivity index (χ2v) is 11.0. The number of piperidine rings is 1. The number of hydrogen-bond acceptors (Lipinski definition) is 6. The molecule has 0 aliphatic carbocycles. The van der Waals surface area contributed by atoms with Crippen LogP contribution in [0.3, 0.4) is 0 Å². The number of amides is 1. The van der Waals surface area contributed by atoms with E-state index in [2.05, 4.69) is 4.98 Å². The number of nitrogens with zero attached hydrogens (tertiary/aromatic N) is 3. The molecule has 1 aromatic carbocycles. The Morgan fingerprint density at radius 2 is 1.80 bits per heavy atom. The molecule has 13 heteroatoms. The van der Waals surface area contributed by atoms with E-state index in [0.717, 1.165) is 24.6 Å². The highest BCUT2D eigenvalue weighted by Crippen LogP contribution is 2.35. The van der Waals surface area contributed by atoms with E-state index >= 15 is 0 Å². The average Bonchev–Trinajstić information content (AvgIpc) is 3.14. The lowest BCUT2D eigenvalue weighted by molar-refractivity contribution is -0.138. The molecule has 7 nitrogen and oxygen atoms in total. The van der Waals surface area contributed by atoms with Crippen molar-refractivity contribution in [2.24, 2.45) is 0 Å². The summed E-state index contributed by atoms with van der Waals surface area (Å²) in [7, 11) is -3.58. The highest BCUT2D eigenvalue weighted by atomic mass is 35.5. The smallest absolute Gasteiger partial charge is 0.417 e. The maximum atomic E-state index is 14.3. The summed E-state index contributed by atoms with van der Waals surface area (Å²) in [5, 5.41) is -0.0899. The molecule has 1 atom stereocenters. The topological polar surface area (TPSA) is 79.8 Å². The summed E-state index contributed by atoms with van der Waals surface area (Å²) in [4.78, 5) is 20.1. The Labute approximate surface area is 204 Å². The first-order chi connectivity index (χ1) is 16.3. The van der Waals surface area contributed by atoms with Crippen LogP contribution in [0.1, 0.15) is 24.8 Å². The fraction of sp³-hybridized carbons (Fsp3) is 0.455. The Bertz CT molecular complexity index is 1230. The lowest BCUT2D eigenvalue weighted by Crippen LogP contribution is -2.47. The zero-order valence-electron chi connectivity index (χ0n) is 18.6. The summed E-state index contributed by atoms with van der Waals surface area (Å²) < 4.78 is 81.6. The van der Waals surface area contributed by atoms with E-state index < -0.39 is 33.5 Å². The van der Waals surface area contributed by atoms with E-state index in [-0.39, 0.29) is 33.4 Å². The van der Waals surface area contributed by atoms with Crippen LogP contribution in [0.5, 0.6) is 5.75 Å². The Morgan fingerprint density at radius 3 is 2.37 bits per heavy atom. The van der Waals surface area contributed by atoms with Crippen LogP contribution in [0, 0.1) is 5.82 Å². The molecule has 1 amide bonds. The minimum absolute atomic E-state index is 0.0899. The third kappa shape index (κ3) is 5.48. The molecular formula is C22H22ClF4N3O4S. The SMILES string of the molecule is CS(=O)(=O)c1ccc(O[C@H]2CCN(C3CCN(c4ncc(C(F)(F)F)cc4Cl)CC3)C2=O)c(F)c1. The first kappa shape index (κ1) is 25.5. The predicted octanol–water partition coefficient (Wildman–Crippen LogP) is 3.95. The van der Waals surface area contributed by atoms with Crippen molar-refractivity contribution in [2.45, 2.75) is 42.5 Å². The molecule has 2 aliphatic rings. The van der Waals surface area contributed by atoms with Crippen LogP contribution in [-0.2, 0) is 20.8 Å². The first-order valence-corrected chi connectivity index (χ1v) is 13.1. The first-order valence-electron chi connectivity index (χ1n) is 10.8. The maximum Gasteiger partial charge on any atom is 0.417 e. The standard InChI is InChI=1S/C22H22ClF4N3O4S/c1-35(32,33)15-2-3-18(17(24)11-15)34-19-6-9-30(21(19)31)14-4-7-29(8-5-14)20-16(23)10-13(12-28-20)22(25,26)27/h2-3,10-12,14,19H,4-9H2,1H3/t19-/m0/s1. The van der Waals surface area contributed by atoms with Crippen molar-refractivity contribution in [3.63, 3.8) is 0 Å². The molecule has 190 valence electrons.